The minimum Gasteiger partial charge on any atom is -0.327 e. The maximum Gasteiger partial charge on any atom is 0.124 e. The minimum atomic E-state index is -0.162. The second-order valence-corrected chi connectivity index (χ2v) is 7.94. The summed E-state index contributed by atoms with van der Waals surface area (Å²) in [4.78, 5) is 1.00. The number of nitrogens with two attached hydrogens (primary N) is 1. The van der Waals surface area contributed by atoms with E-state index in [2.05, 4.69) is 20.8 Å². The summed E-state index contributed by atoms with van der Waals surface area (Å²) in [5.74, 6) is 0.558. The van der Waals surface area contributed by atoms with Gasteiger partial charge in [-0.15, -0.1) is 11.8 Å². The largest absolute Gasteiger partial charge is 0.327 e. The molecule has 1 saturated carbocycles. The molecule has 1 fully saturated rings. The first kappa shape index (κ1) is 15.8. The van der Waals surface area contributed by atoms with Gasteiger partial charge in [-0.05, 0) is 48.8 Å². The van der Waals surface area contributed by atoms with Gasteiger partial charge >= 0.3 is 0 Å². The van der Waals surface area contributed by atoms with Crippen molar-refractivity contribution in [3.05, 3.63) is 30.1 Å². The standard InChI is InChI=1S/C17H26FNS/c1-4-17(2,3)12-8-9-15(19)16(10-12)20-14-7-5-6-13(18)11-14/h5-7,11-12,15-16H,4,8-10,19H2,1-3H3. The zero-order chi connectivity index (χ0) is 14.8. The highest BCUT2D eigenvalue weighted by Crippen LogP contribution is 2.44. The van der Waals surface area contributed by atoms with E-state index >= 15 is 0 Å². The van der Waals surface area contributed by atoms with Gasteiger partial charge in [-0.2, -0.15) is 0 Å². The predicted octanol–water partition coefficient (Wildman–Crippen LogP) is 4.85. The van der Waals surface area contributed by atoms with Gasteiger partial charge < -0.3 is 5.73 Å². The lowest BCUT2D eigenvalue weighted by Crippen LogP contribution is -2.42. The number of thioether (sulfide) groups is 1. The van der Waals surface area contributed by atoms with Crippen molar-refractivity contribution in [2.24, 2.45) is 17.1 Å². The lowest BCUT2D eigenvalue weighted by atomic mass is 9.69. The molecule has 3 atom stereocenters. The topological polar surface area (TPSA) is 26.0 Å². The molecule has 0 saturated heterocycles. The Kier molecular flexibility index (Phi) is 5.14. The van der Waals surface area contributed by atoms with Crippen LogP contribution >= 0.6 is 11.8 Å². The number of hydrogen-bond donors (Lipinski definition) is 1. The molecule has 0 aliphatic heterocycles. The summed E-state index contributed by atoms with van der Waals surface area (Å²) in [5.41, 5.74) is 6.67. The van der Waals surface area contributed by atoms with Crippen LogP contribution in [-0.2, 0) is 0 Å². The maximum atomic E-state index is 13.3. The molecule has 1 aliphatic rings. The van der Waals surface area contributed by atoms with Gasteiger partial charge in [0.15, 0.2) is 0 Å². The summed E-state index contributed by atoms with van der Waals surface area (Å²) in [6.45, 7) is 6.99. The summed E-state index contributed by atoms with van der Waals surface area (Å²) >= 11 is 1.75. The molecule has 0 heterocycles. The van der Waals surface area contributed by atoms with Crippen LogP contribution in [0.15, 0.2) is 29.2 Å². The van der Waals surface area contributed by atoms with Gasteiger partial charge in [-0.25, -0.2) is 4.39 Å². The molecule has 1 nitrogen and oxygen atoms in total. The van der Waals surface area contributed by atoms with Crippen LogP contribution in [0.4, 0.5) is 4.39 Å². The molecule has 1 aromatic carbocycles. The fourth-order valence-corrected chi connectivity index (χ4v) is 4.33. The molecule has 0 bridgehead atoms. The van der Waals surface area contributed by atoms with Gasteiger partial charge in [0, 0.05) is 16.2 Å². The quantitative estimate of drug-likeness (QED) is 0.859. The highest BCUT2D eigenvalue weighted by atomic mass is 32.2. The van der Waals surface area contributed by atoms with E-state index in [-0.39, 0.29) is 11.9 Å². The summed E-state index contributed by atoms with van der Waals surface area (Å²) in [7, 11) is 0. The average Bonchev–Trinajstić information content (AvgIpc) is 2.41. The van der Waals surface area contributed by atoms with Gasteiger partial charge in [-0.1, -0.05) is 33.3 Å². The van der Waals surface area contributed by atoms with Crippen LogP contribution in [-0.4, -0.2) is 11.3 Å². The Morgan fingerprint density at radius 3 is 2.75 bits per heavy atom. The monoisotopic (exact) mass is 295 g/mol. The zero-order valence-corrected chi connectivity index (χ0v) is 13.5. The molecule has 0 amide bonds. The van der Waals surface area contributed by atoms with Crippen molar-refractivity contribution >= 4 is 11.8 Å². The Morgan fingerprint density at radius 2 is 2.10 bits per heavy atom. The van der Waals surface area contributed by atoms with Crippen LogP contribution in [0, 0.1) is 17.2 Å². The highest BCUT2D eigenvalue weighted by Gasteiger charge is 2.36. The van der Waals surface area contributed by atoms with E-state index in [0.29, 0.717) is 10.7 Å². The van der Waals surface area contributed by atoms with E-state index < -0.39 is 0 Å². The number of hydrogen-bond acceptors (Lipinski definition) is 2. The second-order valence-electron chi connectivity index (χ2n) is 6.63. The van der Waals surface area contributed by atoms with Crippen molar-refractivity contribution < 1.29 is 4.39 Å². The van der Waals surface area contributed by atoms with Crippen LogP contribution in [0.5, 0.6) is 0 Å². The summed E-state index contributed by atoms with van der Waals surface area (Å²) in [6, 6.07) is 7.10. The third kappa shape index (κ3) is 3.76. The molecular weight excluding hydrogens is 269 g/mol. The van der Waals surface area contributed by atoms with Crippen molar-refractivity contribution in [1.82, 2.24) is 0 Å². The smallest absolute Gasteiger partial charge is 0.124 e. The molecular formula is C17H26FNS. The van der Waals surface area contributed by atoms with Crippen molar-refractivity contribution in [3.63, 3.8) is 0 Å². The number of halogens is 1. The van der Waals surface area contributed by atoms with Crippen LogP contribution in [0.2, 0.25) is 0 Å². The highest BCUT2D eigenvalue weighted by molar-refractivity contribution is 8.00. The van der Waals surface area contributed by atoms with Gasteiger partial charge in [0.25, 0.3) is 0 Å². The van der Waals surface area contributed by atoms with E-state index in [4.69, 9.17) is 5.73 Å². The van der Waals surface area contributed by atoms with E-state index in [1.54, 1.807) is 23.9 Å². The normalized spacial score (nSPS) is 27.6. The molecule has 0 radical (unpaired) electrons. The van der Waals surface area contributed by atoms with Gasteiger partial charge in [0.1, 0.15) is 5.82 Å². The first-order chi connectivity index (χ1) is 9.42. The second kappa shape index (κ2) is 6.48. The zero-order valence-electron chi connectivity index (χ0n) is 12.7. The molecule has 112 valence electrons. The number of rotatable bonds is 4. The lowest BCUT2D eigenvalue weighted by molar-refractivity contribution is 0.148. The molecule has 0 spiro atoms. The predicted molar refractivity (Wildman–Crippen MR) is 85.4 cm³/mol. The molecule has 3 unspecified atom stereocenters. The van der Waals surface area contributed by atoms with E-state index in [1.807, 2.05) is 6.07 Å². The summed E-state index contributed by atoms with van der Waals surface area (Å²) in [6.07, 6.45) is 4.65. The van der Waals surface area contributed by atoms with Gasteiger partial charge in [0.05, 0.1) is 0 Å². The third-order valence-corrected chi connectivity index (χ3v) is 6.31. The molecule has 1 aromatic rings. The molecule has 0 aromatic heterocycles. The Morgan fingerprint density at radius 1 is 1.35 bits per heavy atom. The summed E-state index contributed by atoms with van der Waals surface area (Å²) < 4.78 is 13.3. The van der Waals surface area contributed by atoms with Crippen molar-refractivity contribution in [3.8, 4) is 0 Å². The fourth-order valence-electron chi connectivity index (χ4n) is 3.00. The Balaban J connectivity index is 2.06. The van der Waals surface area contributed by atoms with Crippen LogP contribution in [0.3, 0.4) is 0 Å². The van der Waals surface area contributed by atoms with Crippen molar-refractivity contribution in [2.75, 3.05) is 0 Å². The first-order valence-corrected chi connectivity index (χ1v) is 8.48. The van der Waals surface area contributed by atoms with E-state index in [1.165, 1.54) is 18.9 Å². The molecule has 2 N–H and O–H groups in total. The minimum absolute atomic E-state index is 0.162. The van der Waals surface area contributed by atoms with E-state index in [9.17, 15) is 4.39 Å². The maximum absolute atomic E-state index is 13.3. The van der Waals surface area contributed by atoms with Crippen molar-refractivity contribution in [1.29, 1.82) is 0 Å². The van der Waals surface area contributed by atoms with Crippen LogP contribution in [0.1, 0.15) is 46.5 Å². The third-order valence-electron chi connectivity index (χ3n) is 4.94. The van der Waals surface area contributed by atoms with Crippen LogP contribution < -0.4 is 5.73 Å². The van der Waals surface area contributed by atoms with Gasteiger partial charge in [0.2, 0.25) is 0 Å². The Bertz CT molecular complexity index is 446. The van der Waals surface area contributed by atoms with E-state index in [0.717, 1.165) is 23.7 Å². The molecule has 20 heavy (non-hydrogen) atoms. The lowest BCUT2D eigenvalue weighted by Gasteiger charge is -2.41. The fraction of sp³-hybridized carbons (Fsp3) is 0.647. The molecule has 1 aliphatic carbocycles. The SMILES string of the molecule is CCC(C)(C)C1CCC(N)C(Sc2cccc(F)c2)C1. The average molecular weight is 295 g/mol. The Labute approximate surface area is 126 Å². The first-order valence-electron chi connectivity index (χ1n) is 7.60. The Hall–Kier alpha value is -0.540. The van der Waals surface area contributed by atoms with Crippen LogP contribution in [0.25, 0.3) is 0 Å². The molecule has 3 heteroatoms. The van der Waals surface area contributed by atoms with Gasteiger partial charge in [-0.3, -0.25) is 0 Å². The van der Waals surface area contributed by atoms with Crippen molar-refractivity contribution in [2.45, 2.75) is 62.6 Å². The summed E-state index contributed by atoms with van der Waals surface area (Å²) in [5, 5.41) is 0.404. The number of benzene rings is 1. The molecule has 2 rings (SSSR count).